The van der Waals surface area contributed by atoms with Crippen LogP contribution in [0.3, 0.4) is 0 Å². The van der Waals surface area contributed by atoms with Gasteiger partial charge in [-0.3, -0.25) is 9.52 Å². The number of ether oxygens (including phenoxy) is 1. The summed E-state index contributed by atoms with van der Waals surface area (Å²) < 4.78 is 91.9. The topological polar surface area (TPSA) is 131 Å². The maximum Gasteiger partial charge on any atom is 0.573 e. The SMILES string of the molecule is CS(=O)(=O)Nc1ccccc1CNC(=O)CCNS(=O)(=O)c1ccc(OC(F)(F)F)cc1. The third-order valence-corrected chi connectivity index (χ3v) is 5.87. The van der Waals surface area contributed by atoms with Crippen LogP contribution in [-0.2, 0) is 31.4 Å². The van der Waals surface area contributed by atoms with Gasteiger partial charge >= 0.3 is 6.36 Å². The number of sulfonamides is 2. The number of halogens is 3. The predicted molar refractivity (Wildman–Crippen MR) is 110 cm³/mol. The van der Waals surface area contributed by atoms with Gasteiger partial charge in [0, 0.05) is 19.5 Å². The second kappa shape index (κ2) is 10.2. The van der Waals surface area contributed by atoms with E-state index in [9.17, 15) is 34.8 Å². The van der Waals surface area contributed by atoms with Crippen LogP contribution in [0.2, 0.25) is 0 Å². The second-order valence-corrected chi connectivity index (χ2v) is 9.99. The molecule has 0 heterocycles. The number of alkyl halides is 3. The fourth-order valence-corrected chi connectivity index (χ4v) is 4.09. The maximum atomic E-state index is 12.2. The van der Waals surface area contributed by atoms with Crippen LogP contribution in [0.4, 0.5) is 18.9 Å². The zero-order valence-corrected chi connectivity index (χ0v) is 18.3. The number of para-hydroxylation sites is 1. The van der Waals surface area contributed by atoms with Crippen molar-refractivity contribution in [1.29, 1.82) is 0 Å². The van der Waals surface area contributed by atoms with Gasteiger partial charge < -0.3 is 10.1 Å². The first-order chi connectivity index (χ1) is 14.8. The molecule has 0 saturated heterocycles. The maximum absolute atomic E-state index is 12.2. The molecule has 0 saturated carbocycles. The lowest BCUT2D eigenvalue weighted by molar-refractivity contribution is -0.274. The number of nitrogens with one attached hydrogen (secondary N) is 3. The molecule has 0 radical (unpaired) electrons. The van der Waals surface area contributed by atoms with Gasteiger partial charge in [0.25, 0.3) is 0 Å². The van der Waals surface area contributed by atoms with Crippen molar-refractivity contribution >= 4 is 31.6 Å². The van der Waals surface area contributed by atoms with E-state index in [0.717, 1.165) is 30.5 Å². The summed E-state index contributed by atoms with van der Waals surface area (Å²) >= 11 is 0. The Balaban J connectivity index is 1.86. The van der Waals surface area contributed by atoms with E-state index in [1.165, 1.54) is 6.07 Å². The summed E-state index contributed by atoms with van der Waals surface area (Å²) in [6, 6.07) is 10.0. The molecule has 2 rings (SSSR count). The minimum absolute atomic E-state index is 0.00490. The molecule has 14 heteroatoms. The van der Waals surface area contributed by atoms with Crippen LogP contribution in [0.5, 0.6) is 5.75 Å². The standard InChI is InChI=1S/C18H20F3N3O6S2/c1-31(26,27)24-16-5-3-2-4-13(16)12-22-17(25)10-11-23-32(28,29)15-8-6-14(7-9-15)30-18(19,20)21/h2-9,23-24H,10-12H2,1H3,(H,22,25). The highest BCUT2D eigenvalue weighted by atomic mass is 32.2. The first kappa shape index (κ1) is 25.4. The molecule has 0 bridgehead atoms. The van der Waals surface area contributed by atoms with Gasteiger partial charge in [-0.15, -0.1) is 13.2 Å². The molecule has 0 aliphatic heterocycles. The minimum Gasteiger partial charge on any atom is -0.406 e. The molecular formula is C18H20F3N3O6S2. The zero-order valence-electron chi connectivity index (χ0n) is 16.6. The van der Waals surface area contributed by atoms with Crippen molar-refractivity contribution in [2.24, 2.45) is 0 Å². The molecule has 1 amide bonds. The van der Waals surface area contributed by atoms with Crippen molar-refractivity contribution in [2.75, 3.05) is 17.5 Å². The monoisotopic (exact) mass is 495 g/mol. The molecule has 0 aliphatic carbocycles. The highest BCUT2D eigenvalue weighted by Gasteiger charge is 2.31. The Labute approximate surface area is 183 Å². The fourth-order valence-electron chi connectivity index (χ4n) is 2.46. The van der Waals surface area contributed by atoms with Crippen LogP contribution in [0.25, 0.3) is 0 Å². The van der Waals surface area contributed by atoms with Crippen molar-refractivity contribution in [3.63, 3.8) is 0 Å². The average Bonchev–Trinajstić information content (AvgIpc) is 2.65. The van der Waals surface area contributed by atoms with Crippen LogP contribution >= 0.6 is 0 Å². The number of hydrogen-bond acceptors (Lipinski definition) is 6. The van der Waals surface area contributed by atoms with E-state index in [1.807, 2.05) is 0 Å². The second-order valence-electron chi connectivity index (χ2n) is 6.48. The lowest BCUT2D eigenvalue weighted by Gasteiger charge is -2.12. The zero-order chi connectivity index (χ0) is 24.0. The Morgan fingerprint density at radius 3 is 2.22 bits per heavy atom. The number of rotatable bonds is 10. The van der Waals surface area contributed by atoms with Gasteiger partial charge in [0.15, 0.2) is 0 Å². The number of amides is 1. The third-order valence-electron chi connectivity index (χ3n) is 3.80. The van der Waals surface area contributed by atoms with E-state index in [1.54, 1.807) is 18.2 Å². The Kier molecular flexibility index (Phi) is 8.09. The molecule has 0 aliphatic rings. The Bertz CT molecular complexity index is 1150. The molecule has 176 valence electrons. The van der Waals surface area contributed by atoms with E-state index in [4.69, 9.17) is 0 Å². The van der Waals surface area contributed by atoms with Crippen LogP contribution in [-0.4, -0.2) is 41.9 Å². The summed E-state index contributed by atoms with van der Waals surface area (Å²) in [5.41, 5.74) is 0.807. The van der Waals surface area contributed by atoms with Crippen molar-refractivity contribution in [3.05, 3.63) is 54.1 Å². The van der Waals surface area contributed by atoms with Crippen molar-refractivity contribution in [3.8, 4) is 5.75 Å². The molecule has 0 spiro atoms. The Morgan fingerprint density at radius 2 is 1.62 bits per heavy atom. The third kappa shape index (κ3) is 8.72. The molecule has 9 nitrogen and oxygen atoms in total. The average molecular weight is 496 g/mol. The summed E-state index contributed by atoms with van der Waals surface area (Å²) in [5, 5.41) is 2.55. The molecule has 2 aromatic carbocycles. The molecule has 0 aromatic heterocycles. The fraction of sp³-hybridized carbons (Fsp3) is 0.278. The van der Waals surface area contributed by atoms with Crippen molar-refractivity contribution in [2.45, 2.75) is 24.2 Å². The molecular weight excluding hydrogens is 475 g/mol. The number of anilines is 1. The first-order valence-electron chi connectivity index (χ1n) is 8.93. The van der Waals surface area contributed by atoms with Gasteiger partial charge in [0.1, 0.15) is 5.75 Å². The summed E-state index contributed by atoms with van der Waals surface area (Å²) in [5.74, 6) is -1.07. The van der Waals surface area contributed by atoms with Crippen LogP contribution in [0.1, 0.15) is 12.0 Å². The van der Waals surface area contributed by atoms with E-state index in [0.29, 0.717) is 11.3 Å². The van der Waals surface area contributed by atoms with Crippen LogP contribution in [0, 0.1) is 0 Å². The van der Waals surface area contributed by atoms with Crippen molar-refractivity contribution in [1.82, 2.24) is 10.0 Å². The highest BCUT2D eigenvalue weighted by Crippen LogP contribution is 2.23. The Morgan fingerprint density at radius 1 is 1.00 bits per heavy atom. The van der Waals surface area contributed by atoms with Crippen LogP contribution in [0.15, 0.2) is 53.4 Å². The number of hydrogen-bond donors (Lipinski definition) is 3. The van der Waals surface area contributed by atoms with Gasteiger partial charge in [-0.05, 0) is 35.9 Å². The highest BCUT2D eigenvalue weighted by molar-refractivity contribution is 7.92. The van der Waals surface area contributed by atoms with Gasteiger partial charge in [0.2, 0.25) is 26.0 Å². The predicted octanol–water partition coefficient (Wildman–Crippen LogP) is 1.94. The molecule has 0 atom stereocenters. The van der Waals surface area contributed by atoms with Crippen LogP contribution < -0.4 is 19.5 Å². The number of benzene rings is 2. The molecule has 32 heavy (non-hydrogen) atoms. The van der Waals surface area contributed by atoms with E-state index in [-0.39, 0.29) is 24.4 Å². The van der Waals surface area contributed by atoms with E-state index >= 15 is 0 Å². The van der Waals surface area contributed by atoms with Gasteiger partial charge in [-0.1, -0.05) is 18.2 Å². The molecule has 0 fully saturated rings. The summed E-state index contributed by atoms with van der Waals surface area (Å²) in [6.45, 7) is -0.261. The minimum atomic E-state index is -4.90. The quantitative estimate of drug-likeness (QED) is 0.462. The Hall–Kier alpha value is -2.84. The van der Waals surface area contributed by atoms with Gasteiger partial charge in [-0.2, -0.15) is 0 Å². The summed E-state index contributed by atoms with van der Waals surface area (Å²) in [7, 11) is -7.56. The summed E-state index contributed by atoms with van der Waals surface area (Å²) in [4.78, 5) is 11.7. The number of carbonyl (C=O) groups excluding carboxylic acids is 1. The van der Waals surface area contributed by atoms with Gasteiger partial charge in [0.05, 0.1) is 16.8 Å². The van der Waals surface area contributed by atoms with E-state index < -0.39 is 38.1 Å². The largest absolute Gasteiger partial charge is 0.573 e. The lowest BCUT2D eigenvalue weighted by Crippen LogP contribution is -2.30. The smallest absolute Gasteiger partial charge is 0.406 e. The molecule has 0 unspecified atom stereocenters. The lowest BCUT2D eigenvalue weighted by atomic mass is 10.2. The normalized spacial score (nSPS) is 12.2. The summed E-state index contributed by atoms with van der Waals surface area (Å²) in [6.07, 6.45) is -4.13. The van der Waals surface area contributed by atoms with E-state index in [2.05, 4.69) is 19.5 Å². The molecule has 3 N–H and O–H groups in total. The number of carbonyl (C=O) groups is 1. The molecule has 2 aromatic rings. The van der Waals surface area contributed by atoms with Crippen molar-refractivity contribution < 1.29 is 39.5 Å². The van der Waals surface area contributed by atoms with Gasteiger partial charge in [-0.25, -0.2) is 21.6 Å². The first-order valence-corrected chi connectivity index (χ1v) is 12.3.